The van der Waals surface area contributed by atoms with Crippen molar-refractivity contribution in [1.29, 1.82) is 0 Å². The molecule has 0 aliphatic carbocycles. The standard InChI is InChI=1S/C10H10BrF3IN/c11-6-1-2-8(15)7(5-6)9(16)3-4-10(12,13)14/h1-2,5,9H,3-4,16H2. The lowest BCUT2D eigenvalue weighted by Gasteiger charge is -2.15. The van der Waals surface area contributed by atoms with E-state index in [4.69, 9.17) is 5.73 Å². The van der Waals surface area contributed by atoms with Crippen LogP contribution in [0.5, 0.6) is 0 Å². The van der Waals surface area contributed by atoms with E-state index in [1.807, 2.05) is 12.1 Å². The minimum absolute atomic E-state index is 0.0873. The van der Waals surface area contributed by atoms with Gasteiger partial charge in [0.1, 0.15) is 0 Å². The Morgan fingerprint density at radius 1 is 1.38 bits per heavy atom. The lowest BCUT2D eigenvalue weighted by molar-refractivity contribution is -0.136. The molecule has 0 aliphatic heterocycles. The molecule has 0 bridgehead atoms. The summed E-state index contributed by atoms with van der Waals surface area (Å²) < 4.78 is 37.8. The molecule has 0 aromatic heterocycles. The predicted molar refractivity (Wildman–Crippen MR) is 69.1 cm³/mol. The van der Waals surface area contributed by atoms with Gasteiger partial charge in [-0.1, -0.05) is 15.9 Å². The fourth-order valence-electron chi connectivity index (χ4n) is 1.27. The van der Waals surface area contributed by atoms with E-state index >= 15 is 0 Å². The molecule has 2 N–H and O–H groups in total. The molecule has 0 radical (unpaired) electrons. The molecule has 1 nitrogen and oxygen atoms in total. The maximum absolute atomic E-state index is 12.0. The Morgan fingerprint density at radius 3 is 2.56 bits per heavy atom. The highest BCUT2D eigenvalue weighted by molar-refractivity contribution is 14.1. The van der Waals surface area contributed by atoms with Crippen LogP contribution < -0.4 is 5.73 Å². The molecule has 0 heterocycles. The van der Waals surface area contributed by atoms with Gasteiger partial charge < -0.3 is 5.73 Å². The maximum atomic E-state index is 12.0. The Bertz CT molecular complexity index is 368. The minimum atomic E-state index is -4.14. The topological polar surface area (TPSA) is 26.0 Å². The number of benzene rings is 1. The molecule has 16 heavy (non-hydrogen) atoms. The molecule has 0 saturated carbocycles. The van der Waals surface area contributed by atoms with Crippen molar-refractivity contribution in [3.8, 4) is 0 Å². The van der Waals surface area contributed by atoms with E-state index in [1.165, 1.54) is 0 Å². The SMILES string of the molecule is NC(CCC(F)(F)F)c1cc(Br)ccc1I. The van der Waals surface area contributed by atoms with Crippen molar-refractivity contribution >= 4 is 38.5 Å². The monoisotopic (exact) mass is 407 g/mol. The molecule has 0 amide bonds. The highest BCUT2D eigenvalue weighted by Crippen LogP contribution is 2.29. The van der Waals surface area contributed by atoms with Crippen LogP contribution in [0.15, 0.2) is 22.7 Å². The Hall–Kier alpha value is 0.180. The van der Waals surface area contributed by atoms with E-state index in [-0.39, 0.29) is 6.42 Å². The van der Waals surface area contributed by atoms with Gasteiger partial charge in [-0.05, 0) is 52.8 Å². The number of nitrogens with two attached hydrogens (primary N) is 1. The number of hydrogen-bond acceptors (Lipinski definition) is 1. The van der Waals surface area contributed by atoms with Gasteiger partial charge >= 0.3 is 6.18 Å². The first-order chi connectivity index (χ1) is 7.29. The Morgan fingerprint density at radius 2 is 2.00 bits per heavy atom. The van der Waals surface area contributed by atoms with Crippen LogP contribution in [0.25, 0.3) is 0 Å². The van der Waals surface area contributed by atoms with Gasteiger partial charge in [-0.3, -0.25) is 0 Å². The number of halogens is 5. The molecule has 1 unspecified atom stereocenters. The summed E-state index contributed by atoms with van der Waals surface area (Å²) in [4.78, 5) is 0. The van der Waals surface area contributed by atoms with Crippen molar-refractivity contribution in [3.05, 3.63) is 31.8 Å². The van der Waals surface area contributed by atoms with Crippen LogP contribution in [0, 0.1) is 3.57 Å². The molecular formula is C10H10BrF3IN. The minimum Gasteiger partial charge on any atom is -0.324 e. The summed E-state index contributed by atoms with van der Waals surface area (Å²) in [6.45, 7) is 0. The van der Waals surface area contributed by atoms with E-state index in [2.05, 4.69) is 38.5 Å². The molecule has 1 rings (SSSR count). The zero-order valence-corrected chi connectivity index (χ0v) is 11.9. The zero-order chi connectivity index (χ0) is 12.3. The van der Waals surface area contributed by atoms with Gasteiger partial charge in [0.2, 0.25) is 0 Å². The number of hydrogen-bond donors (Lipinski definition) is 1. The van der Waals surface area contributed by atoms with E-state index in [0.717, 1.165) is 13.6 Å². The van der Waals surface area contributed by atoms with E-state index in [9.17, 15) is 13.2 Å². The Labute approximate surface area is 114 Å². The third kappa shape index (κ3) is 4.58. The first-order valence-electron chi connectivity index (χ1n) is 4.57. The highest BCUT2D eigenvalue weighted by atomic mass is 127. The van der Waals surface area contributed by atoms with Crippen LogP contribution in [-0.2, 0) is 0 Å². The van der Waals surface area contributed by atoms with Gasteiger partial charge in [-0.15, -0.1) is 0 Å². The van der Waals surface area contributed by atoms with Crippen LogP contribution >= 0.6 is 38.5 Å². The van der Waals surface area contributed by atoms with Gasteiger partial charge in [0.05, 0.1) is 0 Å². The average Bonchev–Trinajstić information content (AvgIpc) is 2.17. The second-order valence-electron chi connectivity index (χ2n) is 3.43. The predicted octanol–water partition coefficient (Wildman–Crippen LogP) is 4.40. The second-order valence-corrected chi connectivity index (χ2v) is 5.50. The molecule has 90 valence electrons. The third-order valence-electron chi connectivity index (χ3n) is 2.10. The molecule has 0 spiro atoms. The van der Waals surface area contributed by atoms with Crippen LogP contribution in [0.1, 0.15) is 24.4 Å². The van der Waals surface area contributed by atoms with Crippen molar-refractivity contribution in [2.75, 3.05) is 0 Å². The van der Waals surface area contributed by atoms with Gasteiger partial charge in [0, 0.05) is 20.5 Å². The first kappa shape index (κ1) is 14.2. The lowest BCUT2D eigenvalue weighted by Crippen LogP contribution is -2.16. The van der Waals surface area contributed by atoms with E-state index in [0.29, 0.717) is 0 Å². The molecule has 1 atom stereocenters. The van der Waals surface area contributed by atoms with Crippen molar-refractivity contribution in [1.82, 2.24) is 0 Å². The quantitative estimate of drug-likeness (QED) is 0.738. The normalized spacial score (nSPS) is 13.9. The summed E-state index contributed by atoms with van der Waals surface area (Å²) in [6.07, 6.45) is -5.08. The molecule has 6 heteroatoms. The summed E-state index contributed by atoms with van der Waals surface area (Å²) in [7, 11) is 0. The van der Waals surface area contributed by atoms with Gasteiger partial charge in [-0.2, -0.15) is 13.2 Å². The maximum Gasteiger partial charge on any atom is 0.389 e. The molecule has 0 fully saturated rings. The smallest absolute Gasteiger partial charge is 0.324 e. The number of rotatable bonds is 3. The molecule has 0 aliphatic rings. The van der Waals surface area contributed by atoms with Crippen LogP contribution in [0.4, 0.5) is 13.2 Å². The largest absolute Gasteiger partial charge is 0.389 e. The number of alkyl halides is 3. The summed E-state index contributed by atoms with van der Waals surface area (Å²) >= 11 is 5.34. The van der Waals surface area contributed by atoms with E-state index in [1.54, 1.807) is 6.07 Å². The molecule has 1 aromatic rings. The Kier molecular flexibility index (Phi) is 5.06. The molecular weight excluding hydrogens is 398 g/mol. The van der Waals surface area contributed by atoms with Crippen molar-refractivity contribution in [3.63, 3.8) is 0 Å². The van der Waals surface area contributed by atoms with Crippen LogP contribution in [0.3, 0.4) is 0 Å². The van der Waals surface area contributed by atoms with Gasteiger partial charge in [-0.25, -0.2) is 0 Å². The summed E-state index contributed by atoms with van der Waals surface area (Å²) in [5.41, 5.74) is 6.50. The highest BCUT2D eigenvalue weighted by Gasteiger charge is 2.28. The van der Waals surface area contributed by atoms with Crippen molar-refractivity contribution < 1.29 is 13.2 Å². The zero-order valence-electron chi connectivity index (χ0n) is 8.19. The fraction of sp³-hybridized carbons (Fsp3) is 0.400. The fourth-order valence-corrected chi connectivity index (χ4v) is 2.39. The molecule has 0 saturated heterocycles. The van der Waals surface area contributed by atoms with Gasteiger partial charge in [0.15, 0.2) is 0 Å². The Balaban J connectivity index is 2.73. The summed E-state index contributed by atoms with van der Waals surface area (Å²) in [6, 6.07) is 4.85. The van der Waals surface area contributed by atoms with Gasteiger partial charge in [0.25, 0.3) is 0 Å². The lowest BCUT2D eigenvalue weighted by atomic mass is 10.0. The summed E-state index contributed by atoms with van der Waals surface area (Å²) in [5, 5.41) is 0. The van der Waals surface area contributed by atoms with E-state index < -0.39 is 18.6 Å². The second kappa shape index (κ2) is 5.68. The van der Waals surface area contributed by atoms with Crippen LogP contribution in [0.2, 0.25) is 0 Å². The third-order valence-corrected chi connectivity index (χ3v) is 3.57. The van der Waals surface area contributed by atoms with Crippen molar-refractivity contribution in [2.24, 2.45) is 5.73 Å². The molecule has 1 aromatic carbocycles. The van der Waals surface area contributed by atoms with Crippen molar-refractivity contribution in [2.45, 2.75) is 25.1 Å². The first-order valence-corrected chi connectivity index (χ1v) is 6.44. The summed E-state index contributed by atoms with van der Waals surface area (Å²) in [5.74, 6) is 0. The van der Waals surface area contributed by atoms with Crippen LogP contribution in [-0.4, -0.2) is 6.18 Å². The average molecular weight is 408 g/mol.